The van der Waals surface area contributed by atoms with E-state index in [1.165, 1.54) is 61.8 Å². The topological polar surface area (TPSA) is 15.3 Å². The molecule has 1 aromatic heterocycles. The van der Waals surface area contributed by atoms with Crippen molar-refractivity contribution in [3.05, 3.63) is 35.2 Å². The molecule has 0 amide bonds. The van der Waals surface area contributed by atoms with Gasteiger partial charge in [-0.05, 0) is 41.7 Å². The number of nitrogens with one attached hydrogen (secondary N) is 1. The summed E-state index contributed by atoms with van der Waals surface area (Å²) in [6.07, 6.45) is 6.80. The summed E-state index contributed by atoms with van der Waals surface area (Å²) in [4.78, 5) is 2.76. The second-order valence-electron chi connectivity index (χ2n) is 6.46. The van der Waals surface area contributed by atoms with Gasteiger partial charge in [0, 0.05) is 36.4 Å². The molecule has 1 N–H and O–H groups in total. The first-order chi connectivity index (χ1) is 10.4. The van der Waals surface area contributed by atoms with Crippen molar-refractivity contribution < 1.29 is 0 Å². The Morgan fingerprint density at radius 3 is 3.10 bits per heavy atom. The van der Waals surface area contributed by atoms with Crippen molar-refractivity contribution in [1.82, 2.24) is 10.2 Å². The fraction of sp³-hybridized carbons (Fsp3) is 0.556. The molecule has 2 unspecified atom stereocenters. The van der Waals surface area contributed by atoms with Crippen LogP contribution in [0.25, 0.3) is 10.1 Å². The van der Waals surface area contributed by atoms with Gasteiger partial charge in [0.2, 0.25) is 0 Å². The Balaban J connectivity index is 1.46. The van der Waals surface area contributed by atoms with E-state index in [4.69, 9.17) is 0 Å². The average molecular weight is 300 g/mol. The van der Waals surface area contributed by atoms with Crippen molar-refractivity contribution in [2.45, 2.75) is 44.2 Å². The van der Waals surface area contributed by atoms with E-state index in [1.807, 2.05) is 11.3 Å². The van der Waals surface area contributed by atoms with E-state index in [0.717, 1.165) is 12.1 Å². The Bertz CT molecular complexity index is 604. The third-order valence-corrected chi connectivity index (χ3v) is 6.25. The van der Waals surface area contributed by atoms with Crippen LogP contribution in [0.3, 0.4) is 0 Å². The van der Waals surface area contributed by atoms with Crippen LogP contribution >= 0.6 is 11.3 Å². The highest BCUT2D eigenvalue weighted by Crippen LogP contribution is 2.28. The molecular formula is C18H24N2S. The largest absolute Gasteiger partial charge is 0.311 e. The molecule has 112 valence electrons. The van der Waals surface area contributed by atoms with Crippen LogP contribution in [0.5, 0.6) is 0 Å². The van der Waals surface area contributed by atoms with Crippen LogP contribution in [-0.2, 0) is 6.42 Å². The van der Waals surface area contributed by atoms with E-state index in [2.05, 4.69) is 39.9 Å². The summed E-state index contributed by atoms with van der Waals surface area (Å²) in [5.74, 6) is 0. The number of thiophene rings is 1. The summed E-state index contributed by atoms with van der Waals surface area (Å²) in [5, 5.41) is 7.57. The van der Waals surface area contributed by atoms with Crippen LogP contribution in [0.4, 0.5) is 0 Å². The van der Waals surface area contributed by atoms with Gasteiger partial charge >= 0.3 is 0 Å². The lowest BCUT2D eigenvalue weighted by molar-refractivity contribution is 0.0894. The predicted octanol–water partition coefficient (Wildman–Crippen LogP) is 3.66. The minimum absolute atomic E-state index is 0.756. The molecular weight excluding hydrogens is 276 g/mol. The van der Waals surface area contributed by atoms with Crippen LogP contribution in [0.1, 0.15) is 31.2 Å². The maximum absolute atomic E-state index is 3.73. The second-order valence-corrected chi connectivity index (χ2v) is 7.37. The standard InChI is InChI=1S/C18H24N2S/c1-4-8-18-15(5-1)14(13-21-18)9-11-20-12-10-19-16-6-2-3-7-17(16)20/h1,4-5,8,13,16-17,19H,2-3,6-7,9-12H2. The molecule has 2 nitrogen and oxygen atoms in total. The van der Waals surface area contributed by atoms with Crippen molar-refractivity contribution in [2.75, 3.05) is 19.6 Å². The normalized spacial score (nSPS) is 26.9. The van der Waals surface area contributed by atoms with E-state index < -0.39 is 0 Å². The lowest BCUT2D eigenvalue weighted by Crippen LogP contribution is -2.59. The van der Waals surface area contributed by atoms with Gasteiger partial charge in [-0.25, -0.2) is 0 Å². The molecule has 21 heavy (non-hydrogen) atoms. The van der Waals surface area contributed by atoms with Crippen molar-refractivity contribution in [3.63, 3.8) is 0 Å². The first-order valence-corrected chi connectivity index (χ1v) is 9.22. The Labute approximate surface area is 131 Å². The molecule has 0 radical (unpaired) electrons. The minimum Gasteiger partial charge on any atom is -0.311 e. The van der Waals surface area contributed by atoms with E-state index in [1.54, 1.807) is 5.56 Å². The highest BCUT2D eigenvalue weighted by molar-refractivity contribution is 7.17. The zero-order valence-corrected chi connectivity index (χ0v) is 13.4. The smallest absolute Gasteiger partial charge is 0.0345 e. The van der Waals surface area contributed by atoms with Gasteiger partial charge in [-0.2, -0.15) is 0 Å². The minimum atomic E-state index is 0.756. The van der Waals surface area contributed by atoms with E-state index in [0.29, 0.717) is 0 Å². The Morgan fingerprint density at radius 2 is 2.10 bits per heavy atom. The molecule has 2 heterocycles. The Hall–Kier alpha value is -0.900. The SMILES string of the molecule is c1ccc2c(CCN3CCNC4CCCCC43)csc2c1. The van der Waals surface area contributed by atoms with Crippen LogP contribution in [0.15, 0.2) is 29.6 Å². The third-order valence-electron chi connectivity index (χ3n) is 5.23. The predicted molar refractivity (Wildman–Crippen MR) is 91.1 cm³/mol. The van der Waals surface area contributed by atoms with Crippen LogP contribution in [0, 0.1) is 0 Å². The summed E-state index contributed by atoms with van der Waals surface area (Å²) in [6.45, 7) is 3.62. The van der Waals surface area contributed by atoms with Gasteiger partial charge in [0.1, 0.15) is 0 Å². The van der Waals surface area contributed by atoms with Gasteiger partial charge < -0.3 is 5.32 Å². The number of nitrogens with zero attached hydrogens (tertiary/aromatic N) is 1. The van der Waals surface area contributed by atoms with Crippen molar-refractivity contribution >= 4 is 21.4 Å². The first kappa shape index (κ1) is 13.7. The number of hydrogen-bond donors (Lipinski definition) is 1. The van der Waals surface area contributed by atoms with Crippen LogP contribution in [0.2, 0.25) is 0 Å². The van der Waals surface area contributed by atoms with E-state index in [-0.39, 0.29) is 0 Å². The number of benzene rings is 1. The molecule has 4 rings (SSSR count). The summed E-state index contributed by atoms with van der Waals surface area (Å²) in [7, 11) is 0. The summed E-state index contributed by atoms with van der Waals surface area (Å²) in [5.41, 5.74) is 1.54. The zero-order valence-electron chi connectivity index (χ0n) is 12.6. The first-order valence-electron chi connectivity index (χ1n) is 8.34. The maximum Gasteiger partial charge on any atom is 0.0345 e. The van der Waals surface area contributed by atoms with Crippen molar-refractivity contribution in [2.24, 2.45) is 0 Å². The maximum atomic E-state index is 3.73. The van der Waals surface area contributed by atoms with Gasteiger partial charge in [0.15, 0.2) is 0 Å². The number of piperazine rings is 1. The van der Waals surface area contributed by atoms with Crippen LogP contribution in [-0.4, -0.2) is 36.6 Å². The van der Waals surface area contributed by atoms with Gasteiger partial charge in [0.25, 0.3) is 0 Å². The number of rotatable bonds is 3. The molecule has 0 bridgehead atoms. The Morgan fingerprint density at radius 1 is 1.19 bits per heavy atom. The molecule has 1 aromatic carbocycles. The summed E-state index contributed by atoms with van der Waals surface area (Å²) in [6, 6.07) is 10.4. The van der Waals surface area contributed by atoms with Gasteiger partial charge in [-0.3, -0.25) is 4.90 Å². The molecule has 1 saturated heterocycles. The summed E-state index contributed by atoms with van der Waals surface area (Å²) >= 11 is 1.89. The van der Waals surface area contributed by atoms with Gasteiger partial charge in [0.05, 0.1) is 0 Å². The molecule has 1 aliphatic heterocycles. The van der Waals surface area contributed by atoms with E-state index in [9.17, 15) is 0 Å². The lowest BCUT2D eigenvalue weighted by atomic mass is 9.87. The quantitative estimate of drug-likeness (QED) is 0.930. The van der Waals surface area contributed by atoms with Crippen LogP contribution < -0.4 is 5.32 Å². The number of hydrogen-bond acceptors (Lipinski definition) is 3. The fourth-order valence-corrected chi connectivity index (χ4v) is 5.11. The molecule has 2 aliphatic rings. The fourth-order valence-electron chi connectivity index (χ4n) is 4.11. The molecule has 2 fully saturated rings. The third kappa shape index (κ3) is 2.75. The lowest BCUT2D eigenvalue weighted by Gasteiger charge is -2.44. The van der Waals surface area contributed by atoms with Crippen molar-refractivity contribution in [1.29, 1.82) is 0 Å². The van der Waals surface area contributed by atoms with Gasteiger partial charge in [-0.15, -0.1) is 11.3 Å². The molecule has 2 aromatic rings. The highest BCUT2D eigenvalue weighted by Gasteiger charge is 2.32. The molecule has 1 aliphatic carbocycles. The van der Waals surface area contributed by atoms with E-state index >= 15 is 0 Å². The molecule has 3 heteroatoms. The molecule has 0 spiro atoms. The summed E-state index contributed by atoms with van der Waals surface area (Å²) < 4.78 is 1.43. The Kier molecular flexibility index (Phi) is 3.97. The molecule has 2 atom stereocenters. The average Bonchev–Trinajstić information content (AvgIpc) is 2.96. The second kappa shape index (κ2) is 6.07. The highest BCUT2D eigenvalue weighted by atomic mass is 32.1. The number of fused-ring (bicyclic) bond motifs is 2. The van der Waals surface area contributed by atoms with Gasteiger partial charge in [-0.1, -0.05) is 31.0 Å². The monoisotopic (exact) mass is 300 g/mol. The molecule has 1 saturated carbocycles. The zero-order chi connectivity index (χ0) is 14.1. The van der Waals surface area contributed by atoms with Crippen molar-refractivity contribution in [3.8, 4) is 0 Å².